The molecule has 0 aromatic carbocycles. The molecular formula is C9H12N4S3. The Balaban J connectivity index is 2.07. The molecule has 2 heterocycles. The van der Waals surface area contributed by atoms with Gasteiger partial charge in [0.05, 0.1) is 22.6 Å². The lowest BCUT2D eigenvalue weighted by Gasteiger charge is -2.04. The van der Waals surface area contributed by atoms with Crippen molar-refractivity contribution in [3.8, 4) is 0 Å². The normalized spacial score (nSPS) is 10.6. The van der Waals surface area contributed by atoms with Gasteiger partial charge in [0.25, 0.3) is 0 Å². The summed E-state index contributed by atoms with van der Waals surface area (Å²) in [5.74, 6) is 0.612. The Labute approximate surface area is 106 Å². The van der Waals surface area contributed by atoms with Crippen LogP contribution in [0, 0.1) is 6.92 Å². The van der Waals surface area contributed by atoms with Gasteiger partial charge in [-0.3, -0.25) is 0 Å². The first-order valence-electron chi connectivity index (χ1n) is 4.64. The van der Waals surface area contributed by atoms with Crippen LogP contribution < -0.4 is 11.1 Å². The molecule has 0 aliphatic heterocycles. The van der Waals surface area contributed by atoms with Gasteiger partial charge >= 0.3 is 0 Å². The topological polar surface area (TPSA) is 63.8 Å². The summed E-state index contributed by atoms with van der Waals surface area (Å²) in [6.07, 6.45) is 2.00. The minimum Gasteiger partial charge on any atom is -0.382 e. The second-order valence-corrected chi connectivity index (χ2v) is 5.67. The number of aromatic nitrogens is 2. The molecule has 2 aromatic rings. The van der Waals surface area contributed by atoms with Crippen molar-refractivity contribution in [3.05, 3.63) is 16.1 Å². The van der Waals surface area contributed by atoms with Crippen LogP contribution in [0.3, 0.4) is 0 Å². The molecule has 2 rings (SSSR count). The molecule has 0 aliphatic rings. The van der Waals surface area contributed by atoms with Crippen molar-refractivity contribution in [2.24, 2.45) is 0 Å². The van der Waals surface area contributed by atoms with Crippen molar-refractivity contribution in [1.82, 2.24) is 9.36 Å². The van der Waals surface area contributed by atoms with Crippen LogP contribution in [-0.2, 0) is 6.54 Å². The summed E-state index contributed by atoms with van der Waals surface area (Å²) >= 11 is 4.69. The first-order valence-corrected chi connectivity index (χ1v) is 7.52. The van der Waals surface area contributed by atoms with Crippen LogP contribution in [0.1, 0.15) is 10.6 Å². The number of hydrogen-bond acceptors (Lipinski definition) is 7. The van der Waals surface area contributed by atoms with Crippen LogP contribution in [-0.4, -0.2) is 15.6 Å². The molecule has 0 spiro atoms. The molecule has 86 valence electrons. The molecule has 0 amide bonds. The van der Waals surface area contributed by atoms with Crippen molar-refractivity contribution in [2.45, 2.75) is 18.4 Å². The fourth-order valence-corrected chi connectivity index (χ4v) is 3.51. The van der Waals surface area contributed by atoms with E-state index in [0.29, 0.717) is 5.82 Å². The van der Waals surface area contributed by atoms with Gasteiger partial charge in [-0.1, -0.05) is 0 Å². The van der Waals surface area contributed by atoms with E-state index in [0.717, 1.165) is 22.1 Å². The minimum atomic E-state index is 0.612. The van der Waals surface area contributed by atoms with Gasteiger partial charge in [0.2, 0.25) is 0 Å². The van der Waals surface area contributed by atoms with Crippen LogP contribution >= 0.6 is 34.6 Å². The average Bonchev–Trinajstić information content (AvgIpc) is 2.82. The second kappa shape index (κ2) is 5.03. The Kier molecular flexibility index (Phi) is 3.67. The number of anilines is 2. The van der Waals surface area contributed by atoms with E-state index in [9.17, 15) is 0 Å². The minimum absolute atomic E-state index is 0.612. The van der Waals surface area contributed by atoms with Crippen LogP contribution in [0.5, 0.6) is 0 Å². The van der Waals surface area contributed by atoms with Crippen molar-refractivity contribution in [1.29, 1.82) is 0 Å². The van der Waals surface area contributed by atoms with E-state index in [-0.39, 0.29) is 0 Å². The highest BCUT2D eigenvalue weighted by atomic mass is 32.2. The van der Waals surface area contributed by atoms with Crippen molar-refractivity contribution < 1.29 is 0 Å². The zero-order valence-corrected chi connectivity index (χ0v) is 11.4. The van der Waals surface area contributed by atoms with E-state index in [1.807, 2.05) is 18.7 Å². The van der Waals surface area contributed by atoms with Gasteiger partial charge in [-0.15, -0.1) is 23.1 Å². The Morgan fingerprint density at radius 1 is 1.56 bits per heavy atom. The molecule has 0 bridgehead atoms. The van der Waals surface area contributed by atoms with Crippen LogP contribution in [0.4, 0.5) is 10.8 Å². The van der Waals surface area contributed by atoms with E-state index in [1.165, 1.54) is 16.4 Å². The molecule has 2 aromatic heterocycles. The fraction of sp³-hybridized carbons (Fsp3) is 0.333. The number of nitrogens with zero attached hydrogens (tertiary/aromatic N) is 2. The molecule has 0 unspecified atom stereocenters. The maximum Gasteiger partial charge on any atom is 0.153 e. The highest BCUT2D eigenvalue weighted by Crippen LogP contribution is 2.35. The maximum absolute atomic E-state index is 5.76. The first kappa shape index (κ1) is 11.7. The Bertz CT molecular complexity index is 477. The Morgan fingerprint density at radius 3 is 3.00 bits per heavy atom. The third-order valence-electron chi connectivity index (χ3n) is 2.13. The van der Waals surface area contributed by atoms with Crippen LogP contribution in [0.15, 0.2) is 10.4 Å². The summed E-state index contributed by atoms with van der Waals surface area (Å²) in [6, 6.07) is 0. The van der Waals surface area contributed by atoms with Gasteiger partial charge in [-0.2, -0.15) is 4.37 Å². The second-order valence-electron chi connectivity index (χ2n) is 3.14. The third-order valence-corrected chi connectivity index (χ3v) is 4.84. The monoisotopic (exact) mass is 272 g/mol. The smallest absolute Gasteiger partial charge is 0.153 e. The molecule has 0 saturated carbocycles. The molecule has 0 fully saturated rings. The number of thioether (sulfide) groups is 1. The standard InChI is InChI=1S/C9H12N4S3/c1-5-6(15-4-12-5)3-11-9-7(14-2)8(10)13-16-9/h4,11H,3H2,1-2H3,(H2,10,13). The van der Waals surface area contributed by atoms with Gasteiger partial charge in [-0.25, -0.2) is 4.98 Å². The summed E-state index contributed by atoms with van der Waals surface area (Å²) in [6.45, 7) is 2.80. The highest BCUT2D eigenvalue weighted by Gasteiger charge is 2.10. The van der Waals surface area contributed by atoms with Gasteiger partial charge in [0, 0.05) is 4.88 Å². The molecule has 3 N–H and O–H groups in total. The lowest BCUT2D eigenvalue weighted by molar-refractivity contribution is 1.12. The lowest BCUT2D eigenvalue weighted by atomic mass is 10.4. The molecule has 0 saturated heterocycles. The third kappa shape index (κ3) is 2.31. The highest BCUT2D eigenvalue weighted by molar-refractivity contribution is 7.99. The predicted octanol–water partition coefficient (Wildman–Crippen LogP) is 2.82. The molecule has 0 radical (unpaired) electrons. The molecule has 16 heavy (non-hydrogen) atoms. The van der Waals surface area contributed by atoms with Crippen molar-refractivity contribution in [2.75, 3.05) is 17.3 Å². The zero-order valence-electron chi connectivity index (χ0n) is 8.98. The Hall–Kier alpha value is -0.790. The number of rotatable bonds is 4. The van der Waals surface area contributed by atoms with Crippen LogP contribution in [0.2, 0.25) is 0 Å². The van der Waals surface area contributed by atoms with E-state index in [1.54, 1.807) is 23.1 Å². The number of nitrogen functional groups attached to an aromatic ring is 1. The SMILES string of the molecule is CSc1c(N)nsc1NCc1scnc1C. The predicted molar refractivity (Wildman–Crippen MR) is 72.5 cm³/mol. The largest absolute Gasteiger partial charge is 0.382 e. The number of nitrogens with one attached hydrogen (secondary N) is 1. The molecule has 7 heteroatoms. The quantitative estimate of drug-likeness (QED) is 0.838. The van der Waals surface area contributed by atoms with Gasteiger partial charge < -0.3 is 11.1 Å². The van der Waals surface area contributed by atoms with Crippen molar-refractivity contribution >= 4 is 45.5 Å². The number of nitrogens with two attached hydrogens (primary N) is 1. The van der Waals surface area contributed by atoms with Crippen LogP contribution in [0.25, 0.3) is 0 Å². The summed E-state index contributed by atoms with van der Waals surface area (Å²) in [7, 11) is 0. The molecule has 0 aliphatic carbocycles. The van der Waals surface area contributed by atoms with E-state index >= 15 is 0 Å². The molecule has 0 atom stereocenters. The maximum atomic E-state index is 5.76. The van der Waals surface area contributed by atoms with Gasteiger partial charge in [-0.05, 0) is 24.7 Å². The molecular weight excluding hydrogens is 260 g/mol. The van der Waals surface area contributed by atoms with E-state index in [4.69, 9.17) is 5.73 Å². The van der Waals surface area contributed by atoms with Gasteiger partial charge in [0.15, 0.2) is 5.82 Å². The fourth-order valence-electron chi connectivity index (χ4n) is 1.26. The number of aryl methyl sites for hydroxylation is 1. The summed E-state index contributed by atoms with van der Waals surface area (Å²) in [5, 5.41) is 4.39. The summed E-state index contributed by atoms with van der Waals surface area (Å²) < 4.78 is 4.13. The first-order chi connectivity index (χ1) is 7.72. The average molecular weight is 272 g/mol. The van der Waals surface area contributed by atoms with Gasteiger partial charge in [0.1, 0.15) is 5.00 Å². The summed E-state index contributed by atoms with van der Waals surface area (Å²) in [4.78, 5) is 6.50. The van der Waals surface area contributed by atoms with E-state index in [2.05, 4.69) is 14.7 Å². The zero-order chi connectivity index (χ0) is 11.5. The summed E-state index contributed by atoms with van der Waals surface area (Å²) in [5.41, 5.74) is 8.71. The lowest BCUT2D eigenvalue weighted by Crippen LogP contribution is -1.98. The number of hydrogen-bond donors (Lipinski definition) is 2. The Morgan fingerprint density at radius 2 is 2.38 bits per heavy atom. The van der Waals surface area contributed by atoms with E-state index < -0.39 is 0 Å². The number of thiazole rings is 1. The molecule has 4 nitrogen and oxygen atoms in total. The van der Waals surface area contributed by atoms with Crippen molar-refractivity contribution in [3.63, 3.8) is 0 Å².